The van der Waals surface area contributed by atoms with Crippen LogP contribution in [0.2, 0.25) is 0 Å². The highest BCUT2D eigenvalue weighted by Gasteiger charge is 2.46. The molecule has 0 heterocycles. The molecule has 1 saturated carbocycles. The molecule has 1 aromatic carbocycles. The molecule has 1 aliphatic rings. The molecule has 0 saturated heterocycles. The normalized spacial score (nSPS) is 29.7. The van der Waals surface area contributed by atoms with Crippen LogP contribution in [0.15, 0.2) is 40.9 Å². The van der Waals surface area contributed by atoms with Gasteiger partial charge in [-0.15, -0.1) is 0 Å². The lowest BCUT2D eigenvalue weighted by Gasteiger charge is -2.46. The van der Waals surface area contributed by atoms with E-state index in [0.717, 1.165) is 22.9 Å². The van der Waals surface area contributed by atoms with Crippen LogP contribution in [0, 0.1) is 0 Å². The van der Waals surface area contributed by atoms with Gasteiger partial charge in [-0.2, -0.15) is 0 Å². The Hall–Kier alpha value is -0.600. The van der Waals surface area contributed by atoms with Crippen LogP contribution in [0.4, 0.5) is 0 Å². The first-order valence-electron chi connectivity index (χ1n) is 5.18. The SMILES string of the molecule is C=C(C)[C@@]1(O)CC[C@@H]1c1cccc(Br)c1. The summed E-state index contributed by atoms with van der Waals surface area (Å²) in [5, 5.41) is 10.4. The number of hydrogen-bond acceptors (Lipinski definition) is 1. The first-order chi connectivity index (χ1) is 7.04. The molecule has 2 atom stereocenters. The molecule has 80 valence electrons. The monoisotopic (exact) mass is 266 g/mol. The van der Waals surface area contributed by atoms with Crippen LogP contribution >= 0.6 is 15.9 Å². The van der Waals surface area contributed by atoms with Crippen LogP contribution in [0.5, 0.6) is 0 Å². The van der Waals surface area contributed by atoms with Crippen molar-refractivity contribution in [3.8, 4) is 0 Å². The molecule has 0 radical (unpaired) electrons. The molecule has 0 aromatic heterocycles. The number of aliphatic hydroxyl groups is 1. The zero-order chi connectivity index (χ0) is 11.1. The van der Waals surface area contributed by atoms with Gasteiger partial charge in [-0.25, -0.2) is 0 Å². The summed E-state index contributed by atoms with van der Waals surface area (Å²) in [6.07, 6.45) is 1.87. The lowest BCUT2D eigenvalue weighted by atomic mass is 9.63. The summed E-state index contributed by atoms with van der Waals surface area (Å²) in [5.74, 6) is 0.215. The zero-order valence-electron chi connectivity index (χ0n) is 8.83. The van der Waals surface area contributed by atoms with Crippen molar-refractivity contribution >= 4 is 15.9 Å². The Kier molecular flexibility index (Phi) is 2.73. The molecule has 0 bridgehead atoms. The van der Waals surface area contributed by atoms with E-state index in [1.54, 1.807) is 0 Å². The molecule has 1 aromatic rings. The highest BCUT2D eigenvalue weighted by molar-refractivity contribution is 9.10. The van der Waals surface area contributed by atoms with E-state index in [0.29, 0.717) is 0 Å². The molecule has 1 nitrogen and oxygen atoms in total. The second-order valence-corrected chi connectivity index (χ2v) is 5.27. The van der Waals surface area contributed by atoms with Gasteiger partial charge in [-0.1, -0.05) is 34.6 Å². The van der Waals surface area contributed by atoms with Crippen molar-refractivity contribution in [2.45, 2.75) is 31.3 Å². The second-order valence-electron chi connectivity index (χ2n) is 4.35. The fourth-order valence-corrected chi connectivity index (χ4v) is 2.66. The summed E-state index contributed by atoms with van der Waals surface area (Å²) >= 11 is 3.45. The van der Waals surface area contributed by atoms with Crippen LogP contribution in [0.3, 0.4) is 0 Å². The third-order valence-corrected chi connectivity index (χ3v) is 3.87. The topological polar surface area (TPSA) is 20.2 Å². The van der Waals surface area contributed by atoms with Crippen LogP contribution in [0.1, 0.15) is 31.2 Å². The van der Waals surface area contributed by atoms with E-state index in [-0.39, 0.29) is 5.92 Å². The van der Waals surface area contributed by atoms with Gasteiger partial charge in [0.25, 0.3) is 0 Å². The molecule has 15 heavy (non-hydrogen) atoms. The van der Waals surface area contributed by atoms with Crippen molar-refractivity contribution in [1.29, 1.82) is 0 Å². The third kappa shape index (κ3) is 1.77. The van der Waals surface area contributed by atoms with Crippen molar-refractivity contribution in [2.75, 3.05) is 0 Å². The number of hydrogen-bond donors (Lipinski definition) is 1. The van der Waals surface area contributed by atoms with Gasteiger partial charge in [0.1, 0.15) is 0 Å². The third-order valence-electron chi connectivity index (χ3n) is 3.38. The highest BCUT2D eigenvalue weighted by atomic mass is 79.9. The molecule has 0 amide bonds. The van der Waals surface area contributed by atoms with E-state index < -0.39 is 5.60 Å². The average molecular weight is 267 g/mol. The molecular weight excluding hydrogens is 252 g/mol. The molecule has 1 aliphatic carbocycles. The summed E-state index contributed by atoms with van der Waals surface area (Å²) in [5.41, 5.74) is 1.39. The van der Waals surface area contributed by atoms with Gasteiger partial charge < -0.3 is 5.11 Å². The average Bonchev–Trinajstić information content (AvgIpc) is 2.14. The molecule has 2 rings (SSSR count). The number of halogens is 1. The van der Waals surface area contributed by atoms with E-state index in [9.17, 15) is 5.11 Å². The summed E-state index contributed by atoms with van der Waals surface area (Å²) in [4.78, 5) is 0. The van der Waals surface area contributed by atoms with Crippen molar-refractivity contribution < 1.29 is 5.11 Å². The Labute approximate surface area is 99.0 Å². The highest BCUT2D eigenvalue weighted by Crippen LogP contribution is 2.49. The molecule has 1 N–H and O–H groups in total. The zero-order valence-corrected chi connectivity index (χ0v) is 10.4. The van der Waals surface area contributed by atoms with E-state index in [1.165, 1.54) is 5.56 Å². The lowest BCUT2D eigenvalue weighted by molar-refractivity contribution is -0.0232. The van der Waals surface area contributed by atoms with Gasteiger partial charge in [0.2, 0.25) is 0 Å². The lowest BCUT2D eigenvalue weighted by Crippen LogP contribution is -2.45. The maximum absolute atomic E-state index is 10.4. The largest absolute Gasteiger partial charge is 0.385 e. The molecule has 0 aliphatic heterocycles. The fourth-order valence-electron chi connectivity index (χ4n) is 2.24. The Morgan fingerprint density at radius 1 is 1.60 bits per heavy atom. The van der Waals surface area contributed by atoms with Crippen molar-refractivity contribution in [2.24, 2.45) is 0 Å². The minimum atomic E-state index is -0.680. The van der Waals surface area contributed by atoms with Gasteiger partial charge in [0, 0.05) is 10.4 Å². The molecular formula is C13H15BrO. The van der Waals surface area contributed by atoms with Gasteiger partial charge in [-0.05, 0) is 43.0 Å². The summed E-state index contributed by atoms with van der Waals surface area (Å²) in [6, 6.07) is 8.17. The number of rotatable bonds is 2. The quantitative estimate of drug-likeness (QED) is 0.811. The minimum Gasteiger partial charge on any atom is -0.385 e. The van der Waals surface area contributed by atoms with Crippen LogP contribution in [-0.4, -0.2) is 10.7 Å². The predicted octanol–water partition coefficient (Wildman–Crippen LogP) is 3.63. The fraction of sp³-hybridized carbons (Fsp3) is 0.385. The first-order valence-corrected chi connectivity index (χ1v) is 5.97. The van der Waals surface area contributed by atoms with Crippen LogP contribution < -0.4 is 0 Å². The summed E-state index contributed by atoms with van der Waals surface area (Å²) in [6.45, 7) is 5.79. The summed E-state index contributed by atoms with van der Waals surface area (Å²) in [7, 11) is 0. The van der Waals surface area contributed by atoms with Crippen molar-refractivity contribution in [3.05, 3.63) is 46.5 Å². The van der Waals surface area contributed by atoms with E-state index >= 15 is 0 Å². The minimum absolute atomic E-state index is 0.215. The van der Waals surface area contributed by atoms with Gasteiger partial charge >= 0.3 is 0 Å². The molecule has 0 spiro atoms. The molecule has 2 heteroatoms. The number of benzene rings is 1. The maximum Gasteiger partial charge on any atom is 0.0919 e. The van der Waals surface area contributed by atoms with Crippen LogP contribution in [-0.2, 0) is 0 Å². The first kappa shape index (κ1) is 10.9. The van der Waals surface area contributed by atoms with E-state index in [4.69, 9.17) is 0 Å². The maximum atomic E-state index is 10.4. The van der Waals surface area contributed by atoms with Gasteiger partial charge in [0.05, 0.1) is 5.60 Å². The molecule has 1 fully saturated rings. The van der Waals surface area contributed by atoms with Gasteiger partial charge in [-0.3, -0.25) is 0 Å². The van der Waals surface area contributed by atoms with E-state index in [2.05, 4.69) is 34.6 Å². The molecule has 0 unspecified atom stereocenters. The van der Waals surface area contributed by atoms with Crippen molar-refractivity contribution in [3.63, 3.8) is 0 Å². The summed E-state index contributed by atoms with van der Waals surface area (Å²) < 4.78 is 1.07. The predicted molar refractivity (Wildman–Crippen MR) is 65.9 cm³/mol. The van der Waals surface area contributed by atoms with Gasteiger partial charge in [0.15, 0.2) is 0 Å². The Balaban J connectivity index is 2.30. The van der Waals surface area contributed by atoms with Crippen molar-refractivity contribution in [1.82, 2.24) is 0 Å². The second kappa shape index (κ2) is 3.76. The smallest absolute Gasteiger partial charge is 0.0919 e. The van der Waals surface area contributed by atoms with E-state index in [1.807, 2.05) is 19.1 Å². The van der Waals surface area contributed by atoms with Crippen LogP contribution in [0.25, 0.3) is 0 Å². The Morgan fingerprint density at radius 3 is 2.80 bits per heavy atom. The Bertz CT molecular complexity index is 399. The standard InChI is InChI=1S/C13H15BrO/c1-9(2)13(15)7-6-12(13)10-4-3-5-11(14)8-10/h3-5,8,12,15H,1,6-7H2,2H3/t12-,13+/m1/s1. The Morgan fingerprint density at radius 2 is 2.33 bits per heavy atom.